The van der Waals surface area contributed by atoms with Gasteiger partial charge in [0.2, 0.25) is 5.91 Å². The maximum Gasteiger partial charge on any atom is 0.223 e. The summed E-state index contributed by atoms with van der Waals surface area (Å²) < 4.78 is 5.22. The molecule has 1 aliphatic heterocycles. The van der Waals surface area contributed by atoms with E-state index >= 15 is 0 Å². The molecule has 15 heavy (non-hydrogen) atoms. The highest BCUT2D eigenvalue weighted by Gasteiger charge is 2.26. The molecule has 2 rings (SSSR count). The van der Waals surface area contributed by atoms with Crippen LogP contribution in [0.3, 0.4) is 0 Å². The smallest absolute Gasteiger partial charge is 0.223 e. The van der Waals surface area contributed by atoms with Crippen LogP contribution in [-0.2, 0) is 11.3 Å². The summed E-state index contributed by atoms with van der Waals surface area (Å²) in [7, 11) is 0. The van der Waals surface area contributed by atoms with E-state index in [1.165, 1.54) is 0 Å². The third-order valence-electron chi connectivity index (χ3n) is 2.55. The van der Waals surface area contributed by atoms with E-state index in [0.717, 1.165) is 6.54 Å². The third-order valence-corrected chi connectivity index (χ3v) is 2.55. The summed E-state index contributed by atoms with van der Waals surface area (Å²) in [6, 6.07) is 3.35. The molecule has 1 aliphatic rings. The van der Waals surface area contributed by atoms with Crippen LogP contribution < -0.4 is 0 Å². The van der Waals surface area contributed by atoms with Crippen molar-refractivity contribution in [2.45, 2.75) is 19.9 Å². The zero-order chi connectivity index (χ0) is 10.8. The molecule has 1 amide bonds. The van der Waals surface area contributed by atoms with Crippen molar-refractivity contribution in [1.82, 2.24) is 4.90 Å². The van der Waals surface area contributed by atoms with Crippen LogP contribution in [0.5, 0.6) is 0 Å². The van der Waals surface area contributed by atoms with Crippen LogP contribution in [0.25, 0.3) is 0 Å². The fraction of sp³-hybridized carbons (Fsp3) is 0.455. The summed E-state index contributed by atoms with van der Waals surface area (Å²) >= 11 is 0. The molecule has 1 atom stereocenters. The Balaban J connectivity index is 2.02. The Hall–Kier alpha value is -1.58. The number of amides is 1. The second-order valence-corrected chi connectivity index (χ2v) is 4.01. The number of carbonyl (C=O) groups is 2. The van der Waals surface area contributed by atoms with Crippen molar-refractivity contribution >= 4 is 12.2 Å². The quantitative estimate of drug-likeness (QED) is 0.705. The topological polar surface area (TPSA) is 50.5 Å². The SMILES string of the molecule is CC1CC(=O)N(Cc2ccc(C=O)o2)C1. The number of aldehydes is 1. The van der Waals surface area contributed by atoms with Crippen LogP contribution >= 0.6 is 0 Å². The zero-order valence-corrected chi connectivity index (χ0v) is 8.60. The van der Waals surface area contributed by atoms with E-state index < -0.39 is 0 Å². The Labute approximate surface area is 87.9 Å². The highest BCUT2D eigenvalue weighted by Crippen LogP contribution is 2.19. The number of likely N-dealkylation sites (tertiary alicyclic amines) is 1. The van der Waals surface area contributed by atoms with Crippen LogP contribution in [0.1, 0.15) is 29.7 Å². The minimum Gasteiger partial charge on any atom is -0.456 e. The van der Waals surface area contributed by atoms with Gasteiger partial charge >= 0.3 is 0 Å². The van der Waals surface area contributed by atoms with Crippen LogP contribution in [0, 0.1) is 5.92 Å². The normalized spacial score (nSPS) is 21.0. The predicted molar refractivity (Wildman–Crippen MR) is 53.3 cm³/mol. The molecule has 0 aromatic carbocycles. The lowest BCUT2D eigenvalue weighted by Crippen LogP contribution is -2.24. The molecule has 1 unspecified atom stereocenters. The van der Waals surface area contributed by atoms with Crippen molar-refractivity contribution in [2.75, 3.05) is 6.54 Å². The van der Waals surface area contributed by atoms with Gasteiger partial charge in [-0.05, 0) is 18.1 Å². The Bertz CT molecular complexity index is 383. The van der Waals surface area contributed by atoms with Crippen molar-refractivity contribution in [1.29, 1.82) is 0 Å². The molecule has 0 bridgehead atoms. The third kappa shape index (κ3) is 2.09. The second-order valence-electron chi connectivity index (χ2n) is 4.01. The van der Waals surface area contributed by atoms with Gasteiger partial charge in [0.15, 0.2) is 12.0 Å². The second kappa shape index (κ2) is 3.88. The molecule has 1 aromatic heterocycles. The first-order valence-corrected chi connectivity index (χ1v) is 5.00. The van der Waals surface area contributed by atoms with Crippen molar-refractivity contribution in [2.24, 2.45) is 5.92 Å². The molecule has 0 radical (unpaired) electrons. The van der Waals surface area contributed by atoms with Gasteiger partial charge in [-0.25, -0.2) is 0 Å². The Kier molecular flexibility index (Phi) is 2.58. The van der Waals surface area contributed by atoms with Gasteiger partial charge in [0.05, 0.1) is 6.54 Å². The van der Waals surface area contributed by atoms with Crippen LogP contribution in [0.4, 0.5) is 0 Å². The zero-order valence-electron chi connectivity index (χ0n) is 8.60. The molecule has 4 nitrogen and oxygen atoms in total. The number of carbonyl (C=O) groups excluding carboxylic acids is 2. The molecule has 1 aromatic rings. The molecule has 1 saturated heterocycles. The fourth-order valence-electron chi connectivity index (χ4n) is 1.85. The number of rotatable bonds is 3. The fourth-order valence-corrected chi connectivity index (χ4v) is 1.85. The average Bonchev–Trinajstić information content (AvgIpc) is 2.75. The lowest BCUT2D eigenvalue weighted by atomic mass is 10.2. The highest BCUT2D eigenvalue weighted by atomic mass is 16.3. The van der Waals surface area contributed by atoms with Gasteiger partial charge in [-0.15, -0.1) is 0 Å². The van der Waals surface area contributed by atoms with E-state index in [9.17, 15) is 9.59 Å². The standard InChI is InChI=1S/C11H13NO3/c1-8-4-11(14)12(5-8)6-9-2-3-10(7-13)15-9/h2-3,7-8H,4-6H2,1H3. The van der Waals surface area contributed by atoms with Gasteiger partial charge in [-0.3, -0.25) is 9.59 Å². The van der Waals surface area contributed by atoms with Gasteiger partial charge in [0, 0.05) is 13.0 Å². The molecule has 2 heterocycles. The summed E-state index contributed by atoms with van der Waals surface area (Å²) in [5.74, 6) is 1.55. The molecule has 0 N–H and O–H groups in total. The minimum absolute atomic E-state index is 0.159. The Morgan fingerprint density at radius 2 is 2.40 bits per heavy atom. The summed E-state index contributed by atoms with van der Waals surface area (Å²) in [4.78, 5) is 23.6. The molecule has 4 heteroatoms. The molecule has 1 fully saturated rings. The molecule has 0 spiro atoms. The van der Waals surface area contributed by atoms with Crippen molar-refractivity contribution in [3.05, 3.63) is 23.7 Å². The summed E-state index contributed by atoms with van der Waals surface area (Å²) in [6.45, 7) is 3.30. The number of hydrogen-bond acceptors (Lipinski definition) is 3. The van der Waals surface area contributed by atoms with Gasteiger partial charge < -0.3 is 9.32 Å². The predicted octanol–water partition coefficient (Wildman–Crippen LogP) is 1.46. The van der Waals surface area contributed by atoms with E-state index in [1.54, 1.807) is 17.0 Å². The minimum atomic E-state index is 0.159. The van der Waals surface area contributed by atoms with E-state index in [0.29, 0.717) is 36.7 Å². The van der Waals surface area contributed by atoms with Crippen LogP contribution in [0.15, 0.2) is 16.5 Å². The Morgan fingerprint density at radius 1 is 1.60 bits per heavy atom. The van der Waals surface area contributed by atoms with Gasteiger partial charge in [-0.1, -0.05) is 6.92 Å². The molecule has 80 valence electrons. The number of nitrogens with zero attached hydrogens (tertiary/aromatic N) is 1. The monoisotopic (exact) mass is 207 g/mol. The van der Waals surface area contributed by atoms with E-state index in [2.05, 4.69) is 6.92 Å². The molecular formula is C11H13NO3. The average molecular weight is 207 g/mol. The van der Waals surface area contributed by atoms with Crippen molar-refractivity contribution in [3.63, 3.8) is 0 Å². The molecule has 0 saturated carbocycles. The first-order chi connectivity index (χ1) is 7.19. The Morgan fingerprint density at radius 3 is 2.93 bits per heavy atom. The maximum atomic E-state index is 11.5. The van der Waals surface area contributed by atoms with Crippen LogP contribution in [-0.4, -0.2) is 23.6 Å². The van der Waals surface area contributed by atoms with Crippen molar-refractivity contribution in [3.8, 4) is 0 Å². The van der Waals surface area contributed by atoms with E-state index in [1.807, 2.05) is 0 Å². The van der Waals surface area contributed by atoms with E-state index in [-0.39, 0.29) is 5.91 Å². The maximum absolute atomic E-state index is 11.5. The van der Waals surface area contributed by atoms with Gasteiger partial charge in [0.25, 0.3) is 0 Å². The molecular weight excluding hydrogens is 194 g/mol. The first kappa shape index (κ1) is 9.96. The van der Waals surface area contributed by atoms with E-state index in [4.69, 9.17) is 4.42 Å². The van der Waals surface area contributed by atoms with Gasteiger partial charge in [-0.2, -0.15) is 0 Å². The molecule has 0 aliphatic carbocycles. The summed E-state index contributed by atoms with van der Waals surface area (Å²) in [5.41, 5.74) is 0. The lowest BCUT2D eigenvalue weighted by molar-refractivity contribution is -0.128. The van der Waals surface area contributed by atoms with Gasteiger partial charge in [0.1, 0.15) is 5.76 Å². The summed E-state index contributed by atoms with van der Waals surface area (Å²) in [5, 5.41) is 0. The highest BCUT2D eigenvalue weighted by molar-refractivity contribution is 5.78. The van der Waals surface area contributed by atoms with Crippen molar-refractivity contribution < 1.29 is 14.0 Å². The number of furan rings is 1. The first-order valence-electron chi connectivity index (χ1n) is 5.00. The number of hydrogen-bond donors (Lipinski definition) is 0. The largest absolute Gasteiger partial charge is 0.456 e. The van der Waals surface area contributed by atoms with Crippen LogP contribution in [0.2, 0.25) is 0 Å². The lowest BCUT2D eigenvalue weighted by Gasteiger charge is -2.13. The summed E-state index contributed by atoms with van der Waals surface area (Å²) in [6.07, 6.45) is 1.28.